The molecule has 4 rings (SSSR count). The van der Waals surface area contributed by atoms with Crippen molar-refractivity contribution in [3.63, 3.8) is 0 Å². The average Bonchev–Trinajstić information content (AvgIpc) is 2.86. The number of benzene rings is 2. The molecule has 1 fully saturated rings. The van der Waals surface area contributed by atoms with E-state index in [0.29, 0.717) is 29.2 Å². The molecule has 0 aromatic heterocycles. The van der Waals surface area contributed by atoms with Crippen molar-refractivity contribution < 1.29 is 18.3 Å². The summed E-state index contributed by atoms with van der Waals surface area (Å²) in [5.74, 6) is -1.90. The number of carbonyl (C=O) groups is 1. The first-order valence-electron chi connectivity index (χ1n) is 11.7. The molecule has 1 saturated heterocycles. The summed E-state index contributed by atoms with van der Waals surface area (Å²) in [5, 5.41) is 9.40. The number of carbonyl (C=O) groups excluding carboxylic acids is 1. The lowest BCUT2D eigenvalue weighted by Gasteiger charge is -2.29. The van der Waals surface area contributed by atoms with E-state index in [9.17, 15) is 13.6 Å². The van der Waals surface area contributed by atoms with Crippen LogP contribution in [0.25, 0.3) is 5.70 Å². The molecule has 2 aliphatic heterocycles. The molecule has 3 N–H and O–H groups in total. The molecule has 0 aliphatic carbocycles. The fourth-order valence-corrected chi connectivity index (χ4v) is 4.07. The molecule has 0 atom stereocenters. The number of rotatable bonds is 7. The third-order valence-corrected chi connectivity index (χ3v) is 6.17. The predicted molar refractivity (Wildman–Crippen MR) is 138 cm³/mol. The lowest BCUT2D eigenvalue weighted by molar-refractivity contribution is 0.0923. The average molecular weight is 494 g/mol. The molecule has 0 spiro atoms. The Morgan fingerprint density at radius 3 is 2.64 bits per heavy atom. The number of amidine groups is 1. The summed E-state index contributed by atoms with van der Waals surface area (Å²) in [7, 11) is 1.28. The number of allylic oxidation sites excluding steroid dienone is 1. The van der Waals surface area contributed by atoms with E-state index in [2.05, 4.69) is 27.5 Å². The van der Waals surface area contributed by atoms with E-state index in [1.54, 1.807) is 42.4 Å². The topological polar surface area (TPSA) is 78.0 Å². The minimum atomic E-state index is -1.06. The van der Waals surface area contributed by atoms with Crippen molar-refractivity contribution in [3.05, 3.63) is 89.4 Å². The predicted octanol–water partition coefficient (Wildman–Crippen LogP) is 4.41. The summed E-state index contributed by atoms with van der Waals surface area (Å²) in [4.78, 5) is 18.7. The van der Waals surface area contributed by atoms with Crippen LogP contribution >= 0.6 is 0 Å². The Balaban J connectivity index is 1.54. The Morgan fingerprint density at radius 2 is 2.00 bits per heavy atom. The highest BCUT2D eigenvalue weighted by atomic mass is 19.2. The highest BCUT2D eigenvalue weighted by Gasteiger charge is 2.25. The van der Waals surface area contributed by atoms with Crippen molar-refractivity contribution in [1.29, 1.82) is 0 Å². The van der Waals surface area contributed by atoms with Gasteiger partial charge in [-0.15, -0.1) is 0 Å². The summed E-state index contributed by atoms with van der Waals surface area (Å²) < 4.78 is 34.1. The zero-order valence-corrected chi connectivity index (χ0v) is 20.5. The van der Waals surface area contributed by atoms with Gasteiger partial charge in [-0.2, -0.15) is 4.39 Å². The molecule has 2 aromatic carbocycles. The summed E-state index contributed by atoms with van der Waals surface area (Å²) in [6.45, 7) is 9.39. The molecule has 0 unspecified atom stereocenters. The number of hydrogen-bond acceptors (Lipinski definition) is 6. The quantitative estimate of drug-likeness (QED) is 0.533. The lowest BCUT2D eigenvalue weighted by atomic mass is 10.0. The number of nitrogens with one attached hydrogen (secondary N) is 3. The van der Waals surface area contributed by atoms with Gasteiger partial charge in [-0.1, -0.05) is 19.6 Å². The SMILES string of the molecule is C=C1C(Nc2ccc(C(=O)NC3CNC3)c(CC)c2)=NC=CN1/C(=C\C)c1ccc(OC)c(F)c1F. The maximum atomic E-state index is 14.8. The third-order valence-electron chi connectivity index (χ3n) is 6.17. The van der Waals surface area contributed by atoms with Crippen LogP contribution in [0, 0.1) is 11.6 Å². The van der Waals surface area contributed by atoms with Gasteiger partial charge in [-0.25, -0.2) is 9.38 Å². The van der Waals surface area contributed by atoms with Crippen LogP contribution in [-0.2, 0) is 6.42 Å². The maximum absolute atomic E-state index is 14.8. The molecular formula is C27H29F2N5O2. The van der Waals surface area contributed by atoms with E-state index >= 15 is 0 Å². The number of ether oxygens (including phenoxy) is 1. The molecule has 1 amide bonds. The van der Waals surface area contributed by atoms with Crippen LogP contribution in [0.4, 0.5) is 14.5 Å². The number of nitrogens with zero attached hydrogens (tertiary/aromatic N) is 2. The number of anilines is 1. The van der Waals surface area contributed by atoms with Crippen molar-refractivity contribution in [2.75, 3.05) is 25.5 Å². The summed E-state index contributed by atoms with van der Waals surface area (Å²) >= 11 is 0. The zero-order chi connectivity index (χ0) is 25.8. The van der Waals surface area contributed by atoms with Gasteiger partial charge in [0.25, 0.3) is 5.91 Å². The van der Waals surface area contributed by atoms with Crippen molar-refractivity contribution in [1.82, 2.24) is 15.5 Å². The second kappa shape index (κ2) is 10.7. The number of aryl methyl sites for hydroxylation is 1. The molecule has 2 aliphatic rings. The molecule has 7 nitrogen and oxygen atoms in total. The van der Waals surface area contributed by atoms with E-state index in [-0.39, 0.29) is 23.3 Å². The molecule has 2 heterocycles. The molecule has 36 heavy (non-hydrogen) atoms. The largest absolute Gasteiger partial charge is 0.494 e. The van der Waals surface area contributed by atoms with E-state index in [4.69, 9.17) is 4.74 Å². The van der Waals surface area contributed by atoms with Gasteiger partial charge in [-0.3, -0.25) is 4.79 Å². The first kappa shape index (κ1) is 25.1. The number of aliphatic imine (C=N–C) groups is 1. The van der Waals surface area contributed by atoms with Gasteiger partial charge in [0.15, 0.2) is 17.4 Å². The highest BCUT2D eigenvalue weighted by molar-refractivity contribution is 6.09. The Hall–Kier alpha value is -3.98. The van der Waals surface area contributed by atoms with Crippen LogP contribution in [0.3, 0.4) is 0 Å². The Labute approximate surface area is 209 Å². The molecule has 0 radical (unpaired) electrons. The maximum Gasteiger partial charge on any atom is 0.251 e. The first-order chi connectivity index (χ1) is 17.4. The van der Waals surface area contributed by atoms with Gasteiger partial charge < -0.3 is 25.6 Å². The van der Waals surface area contributed by atoms with Gasteiger partial charge in [0, 0.05) is 42.3 Å². The molecular weight excluding hydrogens is 464 g/mol. The van der Waals surface area contributed by atoms with Crippen LogP contribution < -0.4 is 20.7 Å². The van der Waals surface area contributed by atoms with E-state index < -0.39 is 11.6 Å². The Bertz CT molecular complexity index is 1280. The number of methoxy groups -OCH3 is 1. The summed E-state index contributed by atoms with van der Waals surface area (Å²) in [5.41, 5.74) is 3.16. The fraction of sp³-hybridized carbons (Fsp3) is 0.259. The molecule has 0 saturated carbocycles. The van der Waals surface area contributed by atoms with Gasteiger partial charge in [0.1, 0.15) is 0 Å². The van der Waals surface area contributed by atoms with Gasteiger partial charge in [-0.05, 0) is 49.2 Å². The van der Waals surface area contributed by atoms with Crippen molar-refractivity contribution >= 4 is 23.1 Å². The van der Waals surface area contributed by atoms with Gasteiger partial charge in [0.2, 0.25) is 5.82 Å². The lowest BCUT2D eigenvalue weighted by Crippen LogP contribution is -2.57. The Morgan fingerprint density at radius 1 is 1.25 bits per heavy atom. The first-order valence-corrected chi connectivity index (χ1v) is 11.7. The van der Waals surface area contributed by atoms with Crippen LogP contribution in [0.15, 0.2) is 66.1 Å². The van der Waals surface area contributed by atoms with Gasteiger partial charge in [0.05, 0.1) is 24.5 Å². The van der Waals surface area contributed by atoms with Crippen molar-refractivity contribution in [2.24, 2.45) is 4.99 Å². The van der Waals surface area contributed by atoms with Crippen LogP contribution in [0.5, 0.6) is 5.75 Å². The smallest absolute Gasteiger partial charge is 0.251 e. The third kappa shape index (κ3) is 4.87. The summed E-state index contributed by atoms with van der Waals surface area (Å²) in [6, 6.07) is 8.50. The van der Waals surface area contributed by atoms with Crippen LogP contribution in [-0.4, -0.2) is 42.9 Å². The van der Waals surface area contributed by atoms with E-state index in [1.807, 2.05) is 13.0 Å². The van der Waals surface area contributed by atoms with Crippen LogP contribution in [0.1, 0.15) is 35.3 Å². The standard InChI is InChI=1S/C27H29F2N5O2/c1-5-17-13-18(7-8-20(17)27(35)33-19-14-30-15-19)32-26-16(3)34(12-11-31-26)22(6-2)21-9-10-23(36-4)25(29)24(21)28/h6-13,19,30H,3,5,14-15H2,1-2,4H3,(H,31,32)(H,33,35)/b22-6-. The summed E-state index contributed by atoms with van der Waals surface area (Å²) in [6.07, 6.45) is 5.52. The second-order valence-electron chi connectivity index (χ2n) is 8.39. The monoisotopic (exact) mass is 493 g/mol. The van der Waals surface area contributed by atoms with Gasteiger partial charge >= 0.3 is 0 Å². The van der Waals surface area contributed by atoms with E-state index in [1.165, 1.54) is 19.2 Å². The molecule has 9 heteroatoms. The van der Waals surface area contributed by atoms with E-state index in [0.717, 1.165) is 24.3 Å². The molecule has 2 aromatic rings. The minimum Gasteiger partial charge on any atom is -0.494 e. The van der Waals surface area contributed by atoms with Crippen molar-refractivity contribution in [2.45, 2.75) is 26.3 Å². The number of hydrogen-bond donors (Lipinski definition) is 3. The number of halogens is 2. The second-order valence-corrected chi connectivity index (χ2v) is 8.39. The van der Waals surface area contributed by atoms with Crippen molar-refractivity contribution in [3.8, 4) is 5.75 Å². The zero-order valence-electron chi connectivity index (χ0n) is 20.5. The highest BCUT2D eigenvalue weighted by Crippen LogP contribution is 2.32. The molecule has 0 bridgehead atoms. The number of amides is 1. The normalized spacial score (nSPS) is 15.9. The molecule has 188 valence electrons. The minimum absolute atomic E-state index is 0.0631. The fourth-order valence-electron chi connectivity index (χ4n) is 4.07. The van der Waals surface area contributed by atoms with Crippen LogP contribution in [0.2, 0.25) is 0 Å². The Kier molecular flexibility index (Phi) is 7.49.